The van der Waals surface area contributed by atoms with E-state index in [-0.39, 0.29) is 48.3 Å². The van der Waals surface area contributed by atoms with Crippen molar-refractivity contribution in [3.63, 3.8) is 0 Å². The molecule has 1 fully saturated rings. The van der Waals surface area contributed by atoms with E-state index in [2.05, 4.69) is 20.2 Å². The van der Waals surface area contributed by atoms with Gasteiger partial charge in [0.2, 0.25) is 0 Å². The van der Waals surface area contributed by atoms with Crippen LogP contribution in [-0.4, -0.2) is 63.1 Å². The predicted octanol–water partition coefficient (Wildman–Crippen LogP) is -0.212. The summed E-state index contributed by atoms with van der Waals surface area (Å²) in [6.07, 6.45) is 6.14. The third kappa shape index (κ3) is 3.85. The van der Waals surface area contributed by atoms with E-state index in [0.717, 1.165) is 0 Å². The molecule has 15 heteroatoms. The number of hydrogen-bond donors (Lipinski definition) is 3. The minimum atomic E-state index is -1.12. The molecule has 5 N–H and O–H groups in total. The molecular weight excluding hydrogens is 438 g/mol. The van der Waals surface area contributed by atoms with Gasteiger partial charge in [-0.05, 0) is 12.1 Å². The minimum Gasteiger partial charge on any atom is -0.477 e. The van der Waals surface area contributed by atoms with Crippen LogP contribution < -0.4 is 11.5 Å². The van der Waals surface area contributed by atoms with Gasteiger partial charge >= 0.3 is 11.9 Å². The van der Waals surface area contributed by atoms with Gasteiger partial charge in [0.15, 0.2) is 28.5 Å². The van der Waals surface area contributed by atoms with Gasteiger partial charge in [0.25, 0.3) is 11.8 Å². The number of nitrogen functional groups attached to an aromatic ring is 2. The number of carbonyl (C=O) groups excluding carboxylic acids is 3. The first-order valence-corrected chi connectivity index (χ1v) is 9.27. The van der Waals surface area contributed by atoms with Crippen LogP contribution in [0.3, 0.4) is 0 Å². The highest BCUT2D eigenvalue weighted by molar-refractivity contribution is 6.05. The Morgan fingerprint density at radius 2 is 1.39 bits per heavy atom. The summed E-state index contributed by atoms with van der Waals surface area (Å²) in [5, 5.41) is 16.9. The van der Waals surface area contributed by atoms with Crippen LogP contribution in [0.15, 0.2) is 36.9 Å². The molecule has 2 amide bonds. The molecule has 0 saturated carbocycles. The van der Waals surface area contributed by atoms with E-state index in [4.69, 9.17) is 21.4 Å². The maximum Gasteiger partial charge on any atom is 0.371 e. The zero-order valence-electron chi connectivity index (χ0n) is 16.7. The summed E-state index contributed by atoms with van der Waals surface area (Å²) in [7, 11) is 0. The number of aromatic carboxylic acids is 1. The second-order valence-corrected chi connectivity index (χ2v) is 6.56. The molecule has 0 spiro atoms. The maximum atomic E-state index is 12.0. The van der Waals surface area contributed by atoms with E-state index < -0.39 is 23.8 Å². The Labute approximate surface area is 184 Å². The molecule has 5 rings (SSSR count). The molecule has 0 atom stereocenters. The topological polar surface area (TPSA) is 213 Å². The Morgan fingerprint density at radius 3 is 1.91 bits per heavy atom. The van der Waals surface area contributed by atoms with Gasteiger partial charge in [-0.3, -0.25) is 9.59 Å². The predicted molar refractivity (Wildman–Crippen MR) is 110 cm³/mol. The lowest BCUT2D eigenvalue weighted by Gasteiger charge is -2.11. The Morgan fingerprint density at radius 1 is 0.909 bits per heavy atom. The van der Waals surface area contributed by atoms with Crippen LogP contribution in [-0.2, 0) is 14.4 Å². The highest BCUT2D eigenvalue weighted by Gasteiger charge is 2.34. The smallest absolute Gasteiger partial charge is 0.371 e. The number of nitrogens with zero attached hydrogens (tertiary/aromatic N) is 7. The molecule has 0 aromatic carbocycles. The molecule has 170 valence electrons. The van der Waals surface area contributed by atoms with Crippen molar-refractivity contribution in [1.82, 2.24) is 34.3 Å². The summed E-state index contributed by atoms with van der Waals surface area (Å²) in [6.45, 7) is 0. The van der Waals surface area contributed by atoms with Crippen LogP contribution in [0.5, 0.6) is 0 Å². The van der Waals surface area contributed by atoms with Crippen molar-refractivity contribution in [2.75, 3.05) is 11.5 Å². The first kappa shape index (κ1) is 21.2. The monoisotopic (exact) mass is 456 g/mol. The normalized spacial score (nSPS) is 13.3. The Kier molecular flexibility index (Phi) is 5.27. The van der Waals surface area contributed by atoms with Crippen molar-refractivity contribution in [3.8, 4) is 0 Å². The Balaban J connectivity index is 0.000000201. The fourth-order valence-corrected chi connectivity index (χ4v) is 3.00. The molecule has 1 aliphatic rings. The van der Waals surface area contributed by atoms with E-state index in [1.54, 1.807) is 24.5 Å². The average Bonchev–Trinajstić information content (AvgIpc) is 3.40. The highest BCUT2D eigenvalue weighted by atomic mass is 16.7. The number of carboxylic acids is 1. The highest BCUT2D eigenvalue weighted by Crippen LogP contribution is 2.20. The van der Waals surface area contributed by atoms with E-state index >= 15 is 0 Å². The summed E-state index contributed by atoms with van der Waals surface area (Å²) >= 11 is 0. The van der Waals surface area contributed by atoms with Gasteiger partial charge in [-0.1, -0.05) is 0 Å². The van der Waals surface area contributed by atoms with Gasteiger partial charge < -0.3 is 21.4 Å². The number of hydroxylamine groups is 2. The minimum absolute atomic E-state index is 0. The van der Waals surface area contributed by atoms with E-state index in [1.165, 1.54) is 21.4 Å². The molecule has 4 aromatic rings. The van der Waals surface area contributed by atoms with Gasteiger partial charge in [-0.25, -0.2) is 28.6 Å². The van der Waals surface area contributed by atoms with Crippen LogP contribution in [0.2, 0.25) is 0 Å². The number of carboxylic acid groups (broad SMARTS) is 1. The van der Waals surface area contributed by atoms with Crippen LogP contribution in [0.25, 0.3) is 11.3 Å². The number of hydrogen-bond acceptors (Lipinski definition) is 11. The zero-order valence-corrected chi connectivity index (χ0v) is 16.7. The fraction of sp³-hybridized carbons (Fsp3) is 0.111. The van der Waals surface area contributed by atoms with Crippen LogP contribution >= 0.6 is 0 Å². The second kappa shape index (κ2) is 8.22. The van der Waals surface area contributed by atoms with Crippen LogP contribution in [0.4, 0.5) is 11.6 Å². The van der Waals surface area contributed by atoms with Crippen molar-refractivity contribution in [1.29, 1.82) is 0 Å². The Hall–Kier alpha value is -5.08. The number of carbonyl (C=O) groups is 4. The van der Waals surface area contributed by atoms with Crippen molar-refractivity contribution < 1.29 is 30.5 Å². The van der Waals surface area contributed by atoms with Crippen molar-refractivity contribution in [3.05, 3.63) is 48.0 Å². The molecule has 4 aromatic heterocycles. The summed E-state index contributed by atoms with van der Waals surface area (Å²) in [5.41, 5.74) is 11.3. The van der Waals surface area contributed by atoms with Crippen LogP contribution in [0.1, 0.15) is 35.0 Å². The van der Waals surface area contributed by atoms with E-state index in [9.17, 15) is 19.2 Å². The second-order valence-electron chi connectivity index (χ2n) is 6.56. The standard InChI is InChI=1S/C11H9N5O4.C7H6N4O2.H2/c12-9-8(10-13-4-1-5-15(10)14-9)11(19)20-16-6(17)2-3-7(16)18;8-5-4(7(12)13)6-9-2-1-3-11(6)10-5;/h1,4-5H,2-3H2,(H2,12,14);1-3H,(H2,8,10)(H,12,13);1H/i;;1+1. The number of rotatable bonds is 3. The van der Waals surface area contributed by atoms with Crippen molar-refractivity contribution in [2.45, 2.75) is 12.8 Å². The Bertz CT molecular complexity index is 1420. The lowest BCUT2D eigenvalue weighted by Crippen LogP contribution is -2.32. The first-order chi connectivity index (χ1) is 15.8. The molecule has 1 saturated heterocycles. The molecule has 0 unspecified atom stereocenters. The molecular formula is C18H17N9O6. The number of amides is 2. The lowest BCUT2D eigenvalue weighted by molar-refractivity contribution is -0.172. The van der Waals surface area contributed by atoms with Gasteiger partial charge in [-0.15, -0.1) is 15.3 Å². The molecule has 0 aliphatic carbocycles. The van der Waals surface area contributed by atoms with E-state index in [0.29, 0.717) is 5.06 Å². The number of fused-ring (bicyclic) bond motifs is 2. The SMILES string of the molecule is Nc1nn2cccnc2c1C(=O)O.Nc1nn2cccnc2c1C(=O)ON1C(=O)CCC1=O.[2HH]. The van der Waals surface area contributed by atoms with Crippen molar-refractivity contribution >= 4 is 46.7 Å². The van der Waals surface area contributed by atoms with E-state index in [1.807, 2.05) is 0 Å². The molecule has 0 bridgehead atoms. The van der Waals surface area contributed by atoms with Crippen LogP contribution in [0, 0.1) is 0 Å². The zero-order chi connectivity index (χ0) is 23.7. The summed E-state index contributed by atoms with van der Waals surface area (Å²) in [6, 6.07) is 3.26. The van der Waals surface area contributed by atoms with Gasteiger partial charge in [0, 0.05) is 39.1 Å². The molecule has 33 heavy (non-hydrogen) atoms. The quantitative estimate of drug-likeness (QED) is 0.341. The summed E-state index contributed by atoms with van der Waals surface area (Å²) in [4.78, 5) is 58.2. The lowest BCUT2D eigenvalue weighted by atomic mass is 10.3. The van der Waals surface area contributed by atoms with Gasteiger partial charge in [0.05, 0.1) is 0 Å². The maximum absolute atomic E-state index is 12.0. The van der Waals surface area contributed by atoms with Gasteiger partial charge in [-0.2, -0.15) is 0 Å². The first-order valence-electron chi connectivity index (χ1n) is 9.27. The fourth-order valence-electron chi connectivity index (χ4n) is 3.00. The number of aromatic nitrogens is 6. The molecule has 1 aliphatic heterocycles. The largest absolute Gasteiger partial charge is 0.477 e. The average molecular weight is 456 g/mol. The molecule has 5 heterocycles. The third-order valence-electron chi connectivity index (χ3n) is 4.44. The number of anilines is 2. The molecule has 15 nitrogen and oxygen atoms in total. The summed E-state index contributed by atoms with van der Waals surface area (Å²) in [5.74, 6) is -3.30. The number of imide groups is 1. The summed E-state index contributed by atoms with van der Waals surface area (Å²) < 4.78 is 2.64. The third-order valence-corrected chi connectivity index (χ3v) is 4.44. The van der Waals surface area contributed by atoms with Gasteiger partial charge in [0.1, 0.15) is 5.56 Å². The van der Waals surface area contributed by atoms with Crippen molar-refractivity contribution in [2.24, 2.45) is 0 Å². The molecule has 0 radical (unpaired) electrons. The number of nitrogens with two attached hydrogens (primary N) is 2.